The second-order valence-corrected chi connectivity index (χ2v) is 4.99. The maximum Gasteiger partial charge on any atom is 0.417 e. The Morgan fingerprint density at radius 2 is 1.91 bits per heavy atom. The Bertz CT molecular complexity index is 684. The number of anilines is 1. The average Bonchev–Trinajstić information content (AvgIpc) is 2.53. The van der Waals surface area contributed by atoms with Gasteiger partial charge >= 0.3 is 6.18 Å². The van der Waals surface area contributed by atoms with E-state index < -0.39 is 11.7 Å². The van der Waals surface area contributed by atoms with E-state index in [4.69, 9.17) is 4.74 Å². The highest BCUT2D eigenvalue weighted by Crippen LogP contribution is 2.36. The summed E-state index contributed by atoms with van der Waals surface area (Å²) in [6.07, 6.45) is -4.46. The molecule has 0 unspecified atom stereocenters. The van der Waals surface area contributed by atoms with Crippen molar-refractivity contribution >= 4 is 16.9 Å². The van der Waals surface area contributed by atoms with E-state index in [1.165, 1.54) is 19.2 Å². The topological polar surface area (TPSA) is 50.3 Å². The van der Waals surface area contributed by atoms with Crippen LogP contribution in [-0.4, -0.2) is 43.3 Å². The number of nitrogens with zero attached hydrogens (tertiary/aromatic N) is 3. The zero-order valence-corrected chi connectivity index (χ0v) is 11.9. The maximum atomic E-state index is 13.3. The van der Waals surface area contributed by atoms with Crippen LogP contribution in [-0.2, 0) is 6.18 Å². The standard InChI is InChI=1S/C14H15F3N4O/c1-22-12-3-2-9-10(14(15,16)17)8-11(19-13(9)20-12)21-6-4-18-5-7-21/h2-3,8,18H,4-7H2,1H3. The highest BCUT2D eigenvalue weighted by atomic mass is 19.4. The molecule has 2 aromatic rings. The Morgan fingerprint density at radius 1 is 1.18 bits per heavy atom. The first-order valence-electron chi connectivity index (χ1n) is 6.87. The number of hydrogen-bond donors (Lipinski definition) is 1. The molecule has 0 aromatic carbocycles. The monoisotopic (exact) mass is 312 g/mol. The molecule has 2 aromatic heterocycles. The molecule has 0 radical (unpaired) electrons. The summed E-state index contributed by atoms with van der Waals surface area (Å²) in [5.41, 5.74) is -0.677. The number of pyridine rings is 2. The molecule has 1 N–H and O–H groups in total. The van der Waals surface area contributed by atoms with Gasteiger partial charge in [0.25, 0.3) is 0 Å². The summed E-state index contributed by atoms with van der Waals surface area (Å²) in [4.78, 5) is 10.2. The van der Waals surface area contributed by atoms with Crippen molar-refractivity contribution in [3.63, 3.8) is 0 Å². The van der Waals surface area contributed by atoms with Crippen molar-refractivity contribution in [3.8, 4) is 5.88 Å². The van der Waals surface area contributed by atoms with Crippen molar-refractivity contribution in [3.05, 3.63) is 23.8 Å². The zero-order valence-electron chi connectivity index (χ0n) is 11.9. The van der Waals surface area contributed by atoms with Crippen LogP contribution in [0.5, 0.6) is 5.88 Å². The quantitative estimate of drug-likeness (QED) is 0.920. The summed E-state index contributed by atoms with van der Waals surface area (Å²) in [5.74, 6) is 0.535. The summed E-state index contributed by atoms with van der Waals surface area (Å²) < 4.78 is 45.0. The predicted octanol–water partition coefficient (Wildman–Crippen LogP) is 2.07. The van der Waals surface area contributed by atoms with E-state index in [9.17, 15) is 13.2 Å². The lowest BCUT2D eigenvalue weighted by Crippen LogP contribution is -2.44. The lowest BCUT2D eigenvalue weighted by Gasteiger charge is -2.29. The summed E-state index contributed by atoms with van der Waals surface area (Å²) in [6, 6.07) is 3.85. The Morgan fingerprint density at radius 3 is 2.55 bits per heavy atom. The number of ether oxygens (including phenoxy) is 1. The van der Waals surface area contributed by atoms with Gasteiger partial charge in [0.2, 0.25) is 5.88 Å². The van der Waals surface area contributed by atoms with Crippen LogP contribution in [0.15, 0.2) is 18.2 Å². The normalized spacial score (nSPS) is 16.1. The average molecular weight is 312 g/mol. The van der Waals surface area contributed by atoms with Crippen LogP contribution >= 0.6 is 0 Å². The van der Waals surface area contributed by atoms with E-state index in [2.05, 4.69) is 15.3 Å². The van der Waals surface area contributed by atoms with Crippen molar-refractivity contribution < 1.29 is 17.9 Å². The SMILES string of the molecule is COc1ccc2c(C(F)(F)F)cc(N3CCNCC3)nc2n1. The predicted molar refractivity (Wildman–Crippen MR) is 76.2 cm³/mol. The lowest BCUT2D eigenvalue weighted by atomic mass is 10.1. The molecule has 0 aliphatic carbocycles. The van der Waals surface area contributed by atoms with Gasteiger partial charge in [-0.15, -0.1) is 0 Å². The fourth-order valence-corrected chi connectivity index (χ4v) is 2.48. The largest absolute Gasteiger partial charge is 0.481 e. The van der Waals surface area contributed by atoms with Crippen LogP contribution < -0.4 is 15.0 Å². The molecule has 0 bridgehead atoms. The van der Waals surface area contributed by atoms with Crippen LogP contribution in [0.3, 0.4) is 0 Å². The van der Waals surface area contributed by atoms with Crippen molar-refractivity contribution in [1.82, 2.24) is 15.3 Å². The smallest absolute Gasteiger partial charge is 0.417 e. The van der Waals surface area contributed by atoms with Gasteiger partial charge in [-0.1, -0.05) is 0 Å². The molecule has 0 atom stereocenters. The molecule has 3 heterocycles. The first-order chi connectivity index (χ1) is 10.5. The van der Waals surface area contributed by atoms with E-state index in [0.717, 1.165) is 6.07 Å². The minimum absolute atomic E-state index is 0.0211. The third-order valence-corrected chi connectivity index (χ3v) is 3.59. The molecular formula is C14H15F3N4O. The van der Waals surface area contributed by atoms with E-state index in [0.29, 0.717) is 32.0 Å². The van der Waals surface area contributed by atoms with Crippen molar-refractivity contribution in [1.29, 1.82) is 0 Å². The first kappa shape index (κ1) is 14.8. The number of aromatic nitrogens is 2. The van der Waals surface area contributed by atoms with Crippen molar-refractivity contribution in [2.45, 2.75) is 6.18 Å². The summed E-state index contributed by atoms with van der Waals surface area (Å²) in [6.45, 7) is 2.65. The zero-order chi connectivity index (χ0) is 15.7. The van der Waals surface area contributed by atoms with Crippen LogP contribution in [0, 0.1) is 0 Å². The Labute approximate surface area is 125 Å². The van der Waals surface area contributed by atoms with E-state index in [1.807, 2.05) is 4.90 Å². The van der Waals surface area contributed by atoms with Gasteiger partial charge in [0.15, 0.2) is 5.65 Å². The number of hydrogen-bond acceptors (Lipinski definition) is 5. The maximum absolute atomic E-state index is 13.3. The molecule has 118 valence electrons. The van der Waals surface area contributed by atoms with E-state index in [-0.39, 0.29) is 16.9 Å². The second kappa shape index (κ2) is 5.60. The number of fused-ring (bicyclic) bond motifs is 1. The Balaban J connectivity index is 2.16. The van der Waals surface area contributed by atoms with Gasteiger partial charge < -0.3 is 15.0 Å². The Hall–Kier alpha value is -2.09. The molecule has 0 saturated carbocycles. The number of halogens is 3. The molecule has 8 heteroatoms. The molecule has 1 aliphatic rings. The molecule has 1 aliphatic heterocycles. The molecule has 0 spiro atoms. The minimum atomic E-state index is -4.46. The molecular weight excluding hydrogens is 297 g/mol. The number of piperazine rings is 1. The molecule has 5 nitrogen and oxygen atoms in total. The van der Waals surface area contributed by atoms with Crippen LogP contribution in [0.2, 0.25) is 0 Å². The highest BCUT2D eigenvalue weighted by molar-refractivity contribution is 5.82. The fourth-order valence-electron chi connectivity index (χ4n) is 2.48. The number of rotatable bonds is 2. The second-order valence-electron chi connectivity index (χ2n) is 4.99. The van der Waals surface area contributed by atoms with Gasteiger partial charge in [0.05, 0.1) is 12.7 Å². The molecule has 1 saturated heterocycles. The molecule has 0 amide bonds. The van der Waals surface area contributed by atoms with Gasteiger partial charge in [0, 0.05) is 37.6 Å². The summed E-state index contributed by atoms with van der Waals surface area (Å²) in [7, 11) is 1.42. The van der Waals surface area contributed by atoms with Crippen molar-refractivity contribution in [2.75, 3.05) is 38.2 Å². The summed E-state index contributed by atoms with van der Waals surface area (Å²) in [5, 5.41) is 3.14. The number of alkyl halides is 3. The van der Waals surface area contributed by atoms with E-state index in [1.54, 1.807) is 0 Å². The molecule has 22 heavy (non-hydrogen) atoms. The number of nitrogens with one attached hydrogen (secondary N) is 1. The van der Waals surface area contributed by atoms with Crippen LogP contribution in [0.1, 0.15) is 5.56 Å². The van der Waals surface area contributed by atoms with Gasteiger partial charge in [0.1, 0.15) is 5.82 Å². The van der Waals surface area contributed by atoms with Crippen LogP contribution in [0.25, 0.3) is 11.0 Å². The van der Waals surface area contributed by atoms with Gasteiger partial charge in [-0.3, -0.25) is 0 Å². The van der Waals surface area contributed by atoms with Gasteiger partial charge in [-0.05, 0) is 12.1 Å². The molecule has 1 fully saturated rings. The van der Waals surface area contributed by atoms with Gasteiger partial charge in [-0.2, -0.15) is 18.2 Å². The number of methoxy groups -OCH3 is 1. The highest BCUT2D eigenvalue weighted by Gasteiger charge is 2.34. The Kier molecular flexibility index (Phi) is 3.78. The lowest BCUT2D eigenvalue weighted by molar-refractivity contribution is -0.136. The summed E-state index contributed by atoms with van der Waals surface area (Å²) >= 11 is 0. The van der Waals surface area contributed by atoms with E-state index >= 15 is 0 Å². The third kappa shape index (κ3) is 2.78. The fraction of sp³-hybridized carbons (Fsp3) is 0.429. The minimum Gasteiger partial charge on any atom is -0.481 e. The van der Waals surface area contributed by atoms with Crippen LogP contribution in [0.4, 0.5) is 19.0 Å². The molecule has 3 rings (SSSR count). The third-order valence-electron chi connectivity index (χ3n) is 3.59. The van der Waals surface area contributed by atoms with Gasteiger partial charge in [-0.25, -0.2) is 4.98 Å². The first-order valence-corrected chi connectivity index (χ1v) is 6.87. The van der Waals surface area contributed by atoms with Crippen molar-refractivity contribution in [2.24, 2.45) is 0 Å².